The van der Waals surface area contributed by atoms with Gasteiger partial charge in [0.15, 0.2) is 0 Å². The number of fused-ring (bicyclic) bond motifs is 1. The Hall–Kier alpha value is -2.87. The highest BCUT2D eigenvalue weighted by Gasteiger charge is 2.43. The minimum Gasteiger partial charge on any atom is -0.496 e. The second kappa shape index (κ2) is 7.51. The van der Waals surface area contributed by atoms with Gasteiger partial charge in [-0.1, -0.05) is 17.7 Å². The number of nitrogens with zero attached hydrogens (tertiary/aromatic N) is 1. The van der Waals surface area contributed by atoms with E-state index in [-0.39, 0.29) is 22.1 Å². The molecule has 0 saturated heterocycles. The average Bonchev–Trinajstić information content (AvgIpc) is 2.86. The molecule has 2 aromatic rings. The van der Waals surface area contributed by atoms with E-state index in [1.54, 1.807) is 21.0 Å². The van der Waals surface area contributed by atoms with E-state index in [1.807, 2.05) is 32.0 Å². The summed E-state index contributed by atoms with van der Waals surface area (Å²) in [7, 11) is -2.40. The van der Waals surface area contributed by atoms with Gasteiger partial charge in [-0.15, -0.1) is 0 Å². The second-order valence-corrected chi connectivity index (χ2v) is 9.13. The Morgan fingerprint density at radius 1 is 1.10 bits per heavy atom. The van der Waals surface area contributed by atoms with Crippen LogP contribution >= 0.6 is 0 Å². The molecule has 0 saturated carbocycles. The molecule has 0 spiro atoms. The zero-order chi connectivity index (χ0) is 21.5. The van der Waals surface area contributed by atoms with Crippen molar-refractivity contribution >= 4 is 21.8 Å². The third-order valence-electron chi connectivity index (χ3n) is 4.88. The van der Waals surface area contributed by atoms with Crippen molar-refractivity contribution in [2.24, 2.45) is 0 Å². The number of nitrogens with one attached hydrogen (secondary N) is 1. The first-order chi connectivity index (χ1) is 13.6. The van der Waals surface area contributed by atoms with E-state index in [9.17, 15) is 18.0 Å². The maximum Gasteiger partial charge on any atom is 0.269 e. The highest BCUT2D eigenvalue weighted by molar-refractivity contribution is 7.90. The third kappa shape index (κ3) is 3.60. The molecule has 1 heterocycles. The van der Waals surface area contributed by atoms with Crippen LogP contribution in [0.5, 0.6) is 5.75 Å². The minimum absolute atomic E-state index is 0.0867. The maximum absolute atomic E-state index is 12.8. The van der Waals surface area contributed by atoms with Crippen LogP contribution in [0, 0.1) is 6.92 Å². The number of carbonyl (C=O) groups excluding carboxylic acids is 2. The highest BCUT2D eigenvalue weighted by atomic mass is 32.2. The fourth-order valence-electron chi connectivity index (χ4n) is 3.45. The first-order valence-electron chi connectivity index (χ1n) is 9.26. The van der Waals surface area contributed by atoms with Crippen molar-refractivity contribution in [3.8, 4) is 5.75 Å². The van der Waals surface area contributed by atoms with Crippen LogP contribution in [-0.2, 0) is 10.0 Å². The summed E-state index contributed by atoms with van der Waals surface area (Å²) in [4.78, 5) is 25.1. The molecule has 7 nitrogen and oxygen atoms in total. The summed E-state index contributed by atoms with van der Waals surface area (Å²) in [5.74, 6) is -0.354. The molecule has 2 aromatic carbocycles. The fourth-order valence-corrected chi connectivity index (χ4v) is 5.24. The monoisotopic (exact) mass is 416 g/mol. The van der Waals surface area contributed by atoms with Crippen LogP contribution < -0.4 is 10.1 Å². The van der Waals surface area contributed by atoms with Gasteiger partial charge in [-0.3, -0.25) is 9.59 Å². The summed E-state index contributed by atoms with van der Waals surface area (Å²) >= 11 is 0. The molecule has 8 heteroatoms. The van der Waals surface area contributed by atoms with Crippen LogP contribution in [0.4, 0.5) is 0 Å². The van der Waals surface area contributed by atoms with E-state index in [0.717, 1.165) is 15.4 Å². The lowest BCUT2D eigenvalue weighted by Gasteiger charge is -2.19. The average molecular weight is 416 g/mol. The first kappa shape index (κ1) is 20.9. The standard InChI is InChI=1S/C21H24N2O5S/c1-12(2)23-21(25)16-8-7-15(11-19(16)29(23,26)27)20(24)22-14(4)17-10-13(3)6-9-18(17)28-5/h6-12,14H,1-5H3,(H,22,24). The summed E-state index contributed by atoms with van der Waals surface area (Å²) in [6.45, 7) is 7.03. The van der Waals surface area contributed by atoms with Crippen molar-refractivity contribution in [3.63, 3.8) is 0 Å². The molecule has 0 aliphatic carbocycles. The Bertz CT molecular complexity index is 1090. The third-order valence-corrected chi connectivity index (χ3v) is 6.88. The number of amides is 2. The van der Waals surface area contributed by atoms with Crippen LogP contribution in [0.2, 0.25) is 0 Å². The predicted molar refractivity (Wildman–Crippen MR) is 109 cm³/mol. The minimum atomic E-state index is -3.96. The zero-order valence-corrected chi connectivity index (χ0v) is 17.8. The molecule has 0 fully saturated rings. The molecule has 3 rings (SSSR count). The van der Waals surface area contributed by atoms with Crippen LogP contribution in [0.15, 0.2) is 41.3 Å². The van der Waals surface area contributed by atoms with E-state index < -0.39 is 27.9 Å². The molecule has 1 atom stereocenters. The van der Waals surface area contributed by atoms with E-state index in [4.69, 9.17) is 4.74 Å². The lowest BCUT2D eigenvalue weighted by Crippen LogP contribution is -2.36. The van der Waals surface area contributed by atoms with Gasteiger partial charge in [0.1, 0.15) is 10.6 Å². The van der Waals surface area contributed by atoms with Gasteiger partial charge in [-0.25, -0.2) is 12.7 Å². The molecule has 29 heavy (non-hydrogen) atoms. The Kier molecular flexibility index (Phi) is 5.40. The number of hydrogen-bond acceptors (Lipinski definition) is 5. The molecule has 0 bridgehead atoms. The topological polar surface area (TPSA) is 92.8 Å². The summed E-state index contributed by atoms with van der Waals surface area (Å²) in [6.07, 6.45) is 0. The van der Waals surface area contributed by atoms with Gasteiger partial charge in [-0.05, 0) is 52.0 Å². The smallest absolute Gasteiger partial charge is 0.269 e. The number of benzene rings is 2. The van der Waals surface area contributed by atoms with Crippen LogP contribution in [0.25, 0.3) is 0 Å². The van der Waals surface area contributed by atoms with Crippen molar-refractivity contribution in [1.82, 2.24) is 9.62 Å². The van der Waals surface area contributed by atoms with Crippen LogP contribution in [0.3, 0.4) is 0 Å². The van der Waals surface area contributed by atoms with Crippen molar-refractivity contribution in [2.75, 3.05) is 7.11 Å². The van der Waals surface area contributed by atoms with Crippen molar-refractivity contribution in [2.45, 2.75) is 44.7 Å². The molecule has 154 valence electrons. The number of aryl methyl sites for hydroxylation is 1. The van der Waals surface area contributed by atoms with E-state index >= 15 is 0 Å². The molecule has 0 aromatic heterocycles. The SMILES string of the molecule is COc1ccc(C)cc1C(C)NC(=O)c1ccc2c(c1)S(=O)(=O)N(C(C)C)C2=O. The largest absolute Gasteiger partial charge is 0.496 e. The van der Waals surface area contributed by atoms with Crippen LogP contribution in [0.1, 0.15) is 58.7 Å². The lowest BCUT2D eigenvalue weighted by atomic mass is 10.0. The van der Waals surface area contributed by atoms with Crippen molar-refractivity contribution < 1.29 is 22.7 Å². The molecule has 1 N–H and O–H groups in total. The number of ether oxygens (including phenoxy) is 1. The Morgan fingerprint density at radius 2 is 1.79 bits per heavy atom. The van der Waals surface area contributed by atoms with Gasteiger partial charge in [-0.2, -0.15) is 0 Å². The molecule has 1 aliphatic heterocycles. The van der Waals surface area contributed by atoms with Gasteiger partial charge in [0.05, 0.1) is 18.7 Å². The summed E-state index contributed by atoms with van der Waals surface area (Å²) < 4.78 is 31.7. The number of sulfonamides is 1. The summed E-state index contributed by atoms with van der Waals surface area (Å²) in [5.41, 5.74) is 2.10. The molecular weight excluding hydrogens is 392 g/mol. The number of methoxy groups -OCH3 is 1. The molecule has 2 amide bonds. The number of hydrogen-bond donors (Lipinski definition) is 1. The summed E-state index contributed by atoms with van der Waals surface area (Å²) in [6, 6.07) is 8.93. The van der Waals surface area contributed by atoms with E-state index in [2.05, 4.69) is 5.32 Å². The van der Waals surface area contributed by atoms with Gasteiger partial charge in [0.2, 0.25) is 0 Å². The molecule has 1 aliphatic rings. The van der Waals surface area contributed by atoms with Crippen LogP contribution in [-0.4, -0.2) is 37.7 Å². The maximum atomic E-state index is 12.8. The number of carbonyl (C=O) groups is 2. The summed E-state index contributed by atoms with van der Waals surface area (Å²) in [5, 5.41) is 2.87. The Labute approximate surface area is 170 Å². The van der Waals surface area contributed by atoms with E-state index in [0.29, 0.717) is 5.75 Å². The molecule has 1 unspecified atom stereocenters. The molecule has 0 radical (unpaired) electrons. The van der Waals surface area contributed by atoms with Gasteiger partial charge >= 0.3 is 0 Å². The van der Waals surface area contributed by atoms with Crippen molar-refractivity contribution in [1.29, 1.82) is 0 Å². The lowest BCUT2D eigenvalue weighted by molar-refractivity contribution is 0.0845. The highest BCUT2D eigenvalue weighted by Crippen LogP contribution is 2.33. The predicted octanol–water partition coefficient (Wildman–Crippen LogP) is 3.05. The number of rotatable bonds is 5. The Balaban J connectivity index is 1.91. The first-order valence-corrected chi connectivity index (χ1v) is 10.7. The van der Waals surface area contributed by atoms with Crippen molar-refractivity contribution in [3.05, 3.63) is 58.7 Å². The second-order valence-electron chi connectivity index (χ2n) is 7.35. The quantitative estimate of drug-likeness (QED) is 0.809. The normalized spacial score (nSPS) is 15.9. The fraction of sp³-hybridized carbons (Fsp3) is 0.333. The molecular formula is C21H24N2O5S. The Morgan fingerprint density at radius 3 is 2.41 bits per heavy atom. The van der Waals surface area contributed by atoms with Gasteiger partial charge < -0.3 is 10.1 Å². The van der Waals surface area contributed by atoms with Gasteiger partial charge in [0.25, 0.3) is 21.8 Å². The van der Waals surface area contributed by atoms with Gasteiger partial charge in [0, 0.05) is 17.2 Å². The van der Waals surface area contributed by atoms with E-state index in [1.165, 1.54) is 18.2 Å². The zero-order valence-electron chi connectivity index (χ0n) is 17.0.